The number of benzene rings is 1. The minimum atomic E-state index is -1.04. The Balaban J connectivity index is 1.82. The van der Waals surface area contributed by atoms with Crippen molar-refractivity contribution in [2.75, 3.05) is 7.11 Å². The lowest BCUT2D eigenvalue weighted by molar-refractivity contribution is -0.139. The molecular weight excluding hydrogens is 272 g/mol. The van der Waals surface area contributed by atoms with Crippen LogP contribution in [-0.2, 0) is 16.0 Å². The van der Waals surface area contributed by atoms with Crippen LogP contribution in [0.1, 0.15) is 18.4 Å². The van der Waals surface area contributed by atoms with Gasteiger partial charge in [0.05, 0.1) is 6.10 Å². The van der Waals surface area contributed by atoms with Crippen molar-refractivity contribution in [2.24, 2.45) is 0 Å². The third kappa shape index (κ3) is 4.46. The first-order valence-corrected chi connectivity index (χ1v) is 6.95. The summed E-state index contributed by atoms with van der Waals surface area (Å²) in [7, 11) is 1.64. The van der Waals surface area contributed by atoms with Crippen LogP contribution in [0.15, 0.2) is 30.3 Å². The standard InChI is InChI=1S/C15H20N2O4/c1-21-12-8-11(9-12)16-15(20)17-13(14(18)19)7-10-5-3-2-4-6-10/h2-6,11-13H,7-9H2,1H3,(H,18,19)(H2,16,17,20)/t11?,12?,13-/m1/s1. The lowest BCUT2D eigenvalue weighted by atomic mass is 9.89. The predicted molar refractivity (Wildman–Crippen MR) is 77.1 cm³/mol. The van der Waals surface area contributed by atoms with Crippen LogP contribution in [0, 0.1) is 0 Å². The van der Waals surface area contributed by atoms with E-state index in [4.69, 9.17) is 4.74 Å². The van der Waals surface area contributed by atoms with Gasteiger partial charge in [-0.25, -0.2) is 9.59 Å². The minimum absolute atomic E-state index is 0.0566. The van der Waals surface area contributed by atoms with Crippen LogP contribution in [0.4, 0.5) is 4.79 Å². The molecule has 0 bridgehead atoms. The molecule has 2 rings (SSSR count). The Morgan fingerprint density at radius 3 is 2.57 bits per heavy atom. The lowest BCUT2D eigenvalue weighted by Gasteiger charge is -2.34. The Kier molecular flexibility index (Phi) is 5.16. The van der Waals surface area contributed by atoms with E-state index in [1.807, 2.05) is 30.3 Å². The summed E-state index contributed by atoms with van der Waals surface area (Å²) in [6, 6.07) is 7.89. The summed E-state index contributed by atoms with van der Waals surface area (Å²) in [6.45, 7) is 0. The van der Waals surface area contributed by atoms with Gasteiger partial charge < -0.3 is 20.5 Å². The maximum atomic E-state index is 11.8. The number of hydrogen-bond donors (Lipinski definition) is 3. The molecule has 0 unspecified atom stereocenters. The number of rotatable bonds is 6. The smallest absolute Gasteiger partial charge is 0.326 e. The molecule has 21 heavy (non-hydrogen) atoms. The highest BCUT2D eigenvalue weighted by atomic mass is 16.5. The average molecular weight is 292 g/mol. The first-order valence-electron chi connectivity index (χ1n) is 6.95. The Morgan fingerprint density at radius 2 is 2.00 bits per heavy atom. The highest BCUT2D eigenvalue weighted by molar-refractivity contribution is 5.82. The van der Waals surface area contributed by atoms with Crippen LogP contribution in [0.3, 0.4) is 0 Å². The van der Waals surface area contributed by atoms with Gasteiger partial charge >= 0.3 is 12.0 Å². The monoisotopic (exact) mass is 292 g/mol. The number of carboxylic acids is 1. The van der Waals surface area contributed by atoms with Gasteiger partial charge in [-0.2, -0.15) is 0 Å². The first kappa shape index (κ1) is 15.3. The van der Waals surface area contributed by atoms with Gasteiger partial charge in [-0.1, -0.05) is 30.3 Å². The van der Waals surface area contributed by atoms with E-state index in [2.05, 4.69) is 10.6 Å². The molecule has 0 aromatic heterocycles. The van der Waals surface area contributed by atoms with Crippen molar-refractivity contribution in [3.63, 3.8) is 0 Å². The van der Waals surface area contributed by atoms with Gasteiger partial charge in [0.15, 0.2) is 0 Å². The van der Waals surface area contributed by atoms with Gasteiger partial charge in [0.2, 0.25) is 0 Å². The maximum Gasteiger partial charge on any atom is 0.326 e. The summed E-state index contributed by atoms with van der Waals surface area (Å²) >= 11 is 0. The molecule has 0 heterocycles. The Labute approximate surface area is 123 Å². The van der Waals surface area contributed by atoms with Crippen LogP contribution in [0.5, 0.6) is 0 Å². The fourth-order valence-corrected chi connectivity index (χ4v) is 2.31. The number of ether oxygens (including phenoxy) is 1. The molecule has 1 fully saturated rings. The SMILES string of the molecule is COC1CC(NC(=O)N[C@H](Cc2ccccc2)C(=O)O)C1. The summed E-state index contributed by atoms with van der Waals surface area (Å²) in [4.78, 5) is 23.1. The molecule has 1 aliphatic carbocycles. The summed E-state index contributed by atoms with van der Waals surface area (Å²) in [5, 5.41) is 14.5. The molecule has 1 aliphatic rings. The van der Waals surface area contributed by atoms with Crippen molar-refractivity contribution in [1.82, 2.24) is 10.6 Å². The number of urea groups is 1. The molecular formula is C15H20N2O4. The second-order valence-electron chi connectivity index (χ2n) is 5.22. The molecule has 6 nitrogen and oxygen atoms in total. The van der Waals surface area contributed by atoms with E-state index < -0.39 is 18.0 Å². The molecule has 1 aromatic carbocycles. The molecule has 0 saturated heterocycles. The first-order chi connectivity index (χ1) is 10.1. The summed E-state index contributed by atoms with van der Waals surface area (Å²) in [5.74, 6) is -1.04. The number of amides is 2. The van der Waals surface area contributed by atoms with E-state index in [1.54, 1.807) is 7.11 Å². The summed E-state index contributed by atoms with van der Waals surface area (Å²) < 4.78 is 5.13. The molecule has 1 saturated carbocycles. The average Bonchev–Trinajstić information content (AvgIpc) is 2.42. The fraction of sp³-hybridized carbons (Fsp3) is 0.467. The van der Waals surface area contributed by atoms with Crippen LogP contribution in [-0.4, -0.2) is 42.4 Å². The van der Waals surface area contributed by atoms with Gasteiger partial charge in [0, 0.05) is 19.6 Å². The van der Waals surface area contributed by atoms with Crippen LogP contribution in [0.2, 0.25) is 0 Å². The van der Waals surface area contributed by atoms with E-state index in [0.717, 1.165) is 18.4 Å². The molecule has 0 radical (unpaired) electrons. The third-order valence-electron chi connectivity index (χ3n) is 3.65. The molecule has 114 valence electrons. The second kappa shape index (κ2) is 7.08. The second-order valence-corrected chi connectivity index (χ2v) is 5.22. The molecule has 6 heteroatoms. The van der Waals surface area contributed by atoms with E-state index >= 15 is 0 Å². The number of nitrogens with one attached hydrogen (secondary N) is 2. The topological polar surface area (TPSA) is 87.7 Å². The summed E-state index contributed by atoms with van der Waals surface area (Å²) in [6.07, 6.45) is 1.98. The van der Waals surface area contributed by atoms with Gasteiger partial charge in [0.1, 0.15) is 6.04 Å². The number of methoxy groups -OCH3 is 1. The third-order valence-corrected chi connectivity index (χ3v) is 3.65. The highest BCUT2D eigenvalue weighted by Gasteiger charge is 2.31. The minimum Gasteiger partial charge on any atom is -0.480 e. The van der Waals surface area contributed by atoms with E-state index in [-0.39, 0.29) is 18.6 Å². The van der Waals surface area contributed by atoms with Crippen molar-refractivity contribution in [2.45, 2.75) is 37.5 Å². The number of aliphatic carboxylic acids is 1. The van der Waals surface area contributed by atoms with Crippen LogP contribution >= 0.6 is 0 Å². The lowest BCUT2D eigenvalue weighted by Crippen LogP contribution is -2.54. The maximum absolute atomic E-state index is 11.8. The number of carbonyl (C=O) groups is 2. The van der Waals surface area contributed by atoms with Crippen LogP contribution < -0.4 is 10.6 Å². The van der Waals surface area contributed by atoms with Gasteiger partial charge in [0.25, 0.3) is 0 Å². The van der Waals surface area contributed by atoms with Crippen molar-refractivity contribution >= 4 is 12.0 Å². The van der Waals surface area contributed by atoms with Crippen molar-refractivity contribution in [1.29, 1.82) is 0 Å². The Bertz CT molecular complexity index is 486. The summed E-state index contributed by atoms with van der Waals surface area (Å²) in [5.41, 5.74) is 0.869. The zero-order chi connectivity index (χ0) is 15.2. The van der Waals surface area contributed by atoms with Gasteiger partial charge in [-0.3, -0.25) is 0 Å². The normalized spacial score (nSPS) is 22.0. The largest absolute Gasteiger partial charge is 0.480 e. The van der Waals surface area contributed by atoms with Crippen LogP contribution in [0.25, 0.3) is 0 Å². The number of hydrogen-bond acceptors (Lipinski definition) is 3. The quantitative estimate of drug-likeness (QED) is 0.734. The van der Waals surface area contributed by atoms with Crippen molar-refractivity contribution in [3.05, 3.63) is 35.9 Å². The van der Waals surface area contributed by atoms with E-state index in [1.165, 1.54) is 0 Å². The predicted octanol–water partition coefficient (Wildman–Crippen LogP) is 1.16. The molecule has 1 aromatic rings. The zero-order valence-corrected chi connectivity index (χ0v) is 11.9. The van der Waals surface area contributed by atoms with E-state index in [0.29, 0.717) is 0 Å². The van der Waals surface area contributed by atoms with Crippen molar-refractivity contribution < 1.29 is 19.4 Å². The van der Waals surface area contributed by atoms with Gasteiger partial charge in [-0.05, 0) is 18.4 Å². The number of carbonyl (C=O) groups excluding carboxylic acids is 1. The van der Waals surface area contributed by atoms with E-state index in [9.17, 15) is 14.7 Å². The Hall–Kier alpha value is -2.08. The number of carboxylic acid groups (broad SMARTS) is 1. The molecule has 1 atom stereocenters. The molecule has 0 spiro atoms. The van der Waals surface area contributed by atoms with Gasteiger partial charge in [-0.15, -0.1) is 0 Å². The van der Waals surface area contributed by atoms with Crippen molar-refractivity contribution in [3.8, 4) is 0 Å². The molecule has 2 amide bonds. The fourth-order valence-electron chi connectivity index (χ4n) is 2.31. The molecule has 0 aliphatic heterocycles. The zero-order valence-electron chi connectivity index (χ0n) is 11.9. The highest BCUT2D eigenvalue weighted by Crippen LogP contribution is 2.22. The molecule has 3 N–H and O–H groups in total. The Morgan fingerprint density at radius 1 is 1.33 bits per heavy atom.